The first-order valence-corrected chi connectivity index (χ1v) is 7.27. The zero-order valence-corrected chi connectivity index (χ0v) is 12.7. The first kappa shape index (κ1) is 15.1. The molecule has 112 valence electrons. The fourth-order valence-electron chi connectivity index (χ4n) is 2.19. The summed E-state index contributed by atoms with van der Waals surface area (Å²) < 4.78 is 19.5. The quantitative estimate of drug-likeness (QED) is 0.571. The van der Waals surface area contributed by atoms with Gasteiger partial charge in [0.2, 0.25) is 0 Å². The van der Waals surface area contributed by atoms with E-state index in [9.17, 15) is 9.65 Å². The molecule has 0 saturated heterocycles. The zero-order valence-electron chi connectivity index (χ0n) is 12.0. The first-order valence-electron chi connectivity index (χ1n) is 6.90. The molecule has 2 aromatic carbocycles. The maximum absolute atomic E-state index is 13.8. The Morgan fingerprint density at radius 1 is 1.04 bits per heavy atom. The molecule has 1 heterocycles. The monoisotopic (exact) mass is 323 g/mol. The van der Waals surface area contributed by atoms with Crippen LogP contribution in [0.4, 0.5) is 4.39 Å². The van der Waals surface area contributed by atoms with Crippen molar-refractivity contribution in [3.8, 4) is 17.4 Å². The molecule has 0 radical (unpaired) electrons. The molecule has 0 fully saturated rings. The Bertz CT molecular complexity index is 904. The molecule has 0 aliphatic heterocycles. The molecule has 0 aliphatic rings. The zero-order chi connectivity index (χ0) is 16.2. The van der Waals surface area contributed by atoms with Crippen molar-refractivity contribution in [3.63, 3.8) is 0 Å². The molecule has 0 spiro atoms. The minimum atomic E-state index is -0.440. The molecule has 0 bridgehead atoms. The average molecular weight is 324 g/mol. The van der Waals surface area contributed by atoms with Crippen LogP contribution in [0.2, 0.25) is 5.02 Å². The molecular weight excluding hydrogens is 313 g/mol. The third-order valence-electron chi connectivity index (χ3n) is 3.33. The van der Waals surface area contributed by atoms with Gasteiger partial charge in [-0.1, -0.05) is 29.8 Å². The molecule has 23 heavy (non-hydrogen) atoms. The Balaban J connectivity index is 1.95. The number of benzene rings is 2. The fraction of sp³-hybridized carbons (Fsp3) is 0. The fourth-order valence-corrected chi connectivity index (χ4v) is 2.32. The molecular formula is C19H11ClFNO. The van der Waals surface area contributed by atoms with Crippen LogP contribution in [0.5, 0.6) is 0 Å². The molecule has 3 aromatic rings. The van der Waals surface area contributed by atoms with Crippen LogP contribution in [0, 0.1) is 17.1 Å². The Kier molecular flexibility index (Phi) is 4.27. The van der Waals surface area contributed by atoms with Crippen molar-refractivity contribution in [2.24, 2.45) is 0 Å². The van der Waals surface area contributed by atoms with Gasteiger partial charge in [0.1, 0.15) is 17.3 Å². The van der Waals surface area contributed by atoms with Crippen molar-refractivity contribution in [1.29, 1.82) is 5.26 Å². The van der Waals surface area contributed by atoms with E-state index in [-0.39, 0.29) is 11.1 Å². The van der Waals surface area contributed by atoms with Crippen molar-refractivity contribution in [1.82, 2.24) is 0 Å². The summed E-state index contributed by atoms with van der Waals surface area (Å²) in [5.41, 5.74) is 1.33. The van der Waals surface area contributed by atoms with Gasteiger partial charge in [-0.3, -0.25) is 0 Å². The molecule has 4 heteroatoms. The van der Waals surface area contributed by atoms with Gasteiger partial charge < -0.3 is 4.42 Å². The summed E-state index contributed by atoms with van der Waals surface area (Å²) in [6.45, 7) is 0. The number of hydrogen-bond donors (Lipinski definition) is 0. The average Bonchev–Trinajstić information content (AvgIpc) is 3.03. The van der Waals surface area contributed by atoms with Gasteiger partial charge in [-0.15, -0.1) is 0 Å². The summed E-state index contributed by atoms with van der Waals surface area (Å²) in [5.74, 6) is 0.693. The Labute approximate surface area is 138 Å². The number of nitriles is 1. The smallest absolute Gasteiger partial charge is 0.134 e. The SMILES string of the molecule is N#C/C(=C/c1ccc(-c2ccc(Cl)cc2)o1)c1ccccc1F. The van der Waals surface area contributed by atoms with Gasteiger partial charge in [0, 0.05) is 16.1 Å². The van der Waals surface area contributed by atoms with Crippen LogP contribution in [0.3, 0.4) is 0 Å². The highest BCUT2D eigenvalue weighted by Crippen LogP contribution is 2.26. The van der Waals surface area contributed by atoms with Crippen LogP contribution in [-0.4, -0.2) is 0 Å². The largest absolute Gasteiger partial charge is 0.457 e. The predicted octanol–water partition coefficient (Wildman–Crippen LogP) is 5.80. The summed E-state index contributed by atoms with van der Waals surface area (Å²) in [5, 5.41) is 9.92. The van der Waals surface area contributed by atoms with E-state index < -0.39 is 5.82 Å². The van der Waals surface area contributed by atoms with Gasteiger partial charge in [-0.05, 0) is 48.5 Å². The van der Waals surface area contributed by atoms with E-state index in [4.69, 9.17) is 16.0 Å². The van der Waals surface area contributed by atoms with Gasteiger partial charge in [0.05, 0.1) is 11.6 Å². The molecule has 0 unspecified atom stereocenters. The predicted molar refractivity (Wildman–Crippen MR) is 89.0 cm³/mol. The van der Waals surface area contributed by atoms with Gasteiger partial charge in [-0.25, -0.2) is 4.39 Å². The summed E-state index contributed by atoms with van der Waals surface area (Å²) in [7, 11) is 0. The second-order valence-corrected chi connectivity index (χ2v) is 5.30. The Hall–Kier alpha value is -2.83. The van der Waals surface area contributed by atoms with Crippen LogP contribution >= 0.6 is 11.6 Å². The molecule has 3 rings (SSSR count). The van der Waals surface area contributed by atoms with Crippen LogP contribution in [0.1, 0.15) is 11.3 Å². The lowest BCUT2D eigenvalue weighted by atomic mass is 10.1. The van der Waals surface area contributed by atoms with E-state index in [1.807, 2.05) is 18.2 Å². The lowest BCUT2D eigenvalue weighted by molar-refractivity contribution is 0.572. The summed E-state index contributed by atoms with van der Waals surface area (Å²) in [6.07, 6.45) is 1.53. The van der Waals surface area contributed by atoms with Crippen LogP contribution in [-0.2, 0) is 0 Å². The molecule has 1 aromatic heterocycles. The lowest BCUT2D eigenvalue weighted by Crippen LogP contribution is -1.86. The normalized spacial score (nSPS) is 11.3. The molecule has 0 N–H and O–H groups in total. The van der Waals surface area contributed by atoms with E-state index in [0.29, 0.717) is 16.5 Å². The summed E-state index contributed by atoms with van der Waals surface area (Å²) in [4.78, 5) is 0. The standard InChI is InChI=1S/C19H11ClFNO/c20-15-7-5-13(6-8-15)19-10-9-16(23-19)11-14(12-22)17-3-1-2-4-18(17)21/h1-11H/b14-11-. The molecule has 0 atom stereocenters. The topological polar surface area (TPSA) is 36.9 Å². The van der Waals surface area contributed by atoms with E-state index in [0.717, 1.165) is 5.56 Å². The maximum Gasteiger partial charge on any atom is 0.134 e. The summed E-state index contributed by atoms with van der Waals surface area (Å²) in [6, 6.07) is 18.9. The Morgan fingerprint density at radius 3 is 2.48 bits per heavy atom. The number of hydrogen-bond acceptors (Lipinski definition) is 2. The number of furan rings is 1. The van der Waals surface area contributed by atoms with E-state index >= 15 is 0 Å². The maximum atomic E-state index is 13.8. The van der Waals surface area contributed by atoms with Crippen LogP contribution in [0.15, 0.2) is 65.1 Å². The molecule has 0 saturated carbocycles. The Morgan fingerprint density at radius 2 is 1.78 bits per heavy atom. The third-order valence-corrected chi connectivity index (χ3v) is 3.58. The van der Waals surface area contributed by atoms with E-state index in [2.05, 4.69) is 0 Å². The van der Waals surface area contributed by atoms with Crippen molar-refractivity contribution < 1.29 is 8.81 Å². The minimum absolute atomic E-state index is 0.208. The van der Waals surface area contributed by atoms with Crippen LogP contribution in [0.25, 0.3) is 23.0 Å². The second-order valence-electron chi connectivity index (χ2n) is 4.86. The van der Waals surface area contributed by atoms with Gasteiger partial charge in [-0.2, -0.15) is 5.26 Å². The van der Waals surface area contributed by atoms with Crippen molar-refractivity contribution in [2.45, 2.75) is 0 Å². The second kappa shape index (κ2) is 6.51. The van der Waals surface area contributed by atoms with Gasteiger partial charge in [0.15, 0.2) is 0 Å². The number of halogens is 2. The van der Waals surface area contributed by atoms with Crippen molar-refractivity contribution >= 4 is 23.3 Å². The number of allylic oxidation sites excluding steroid dienone is 1. The van der Waals surface area contributed by atoms with Crippen molar-refractivity contribution in [3.05, 3.63) is 82.8 Å². The minimum Gasteiger partial charge on any atom is -0.457 e. The lowest BCUT2D eigenvalue weighted by Gasteiger charge is -2.00. The third kappa shape index (κ3) is 3.33. The highest BCUT2D eigenvalue weighted by atomic mass is 35.5. The highest BCUT2D eigenvalue weighted by molar-refractivity contribution is 6.30. The first-order chi connectivity index (χ1) is 11.2. The highest BCUT2D eigenvalue weighted by Gasteiger charge is 2.09. The van der Waals surface area contributed by atoms with Gasteiger partial charge >= 0.3 is 0 Å². The van der Waals surface area contributed by atoms with Gasteiger partial charge in [0.25, 0.3) is 0 Å². The number of nitrogens with zero attached hydrogens (tertiary/aromatic N) is 1. The van der Waals surface area contributed by atoms with E-state index in [1.165, 1.54) is 12.1 Å². The number of rotatable bonds is 3. The molecule has 0 amide bonds. The van der Waals surface area contributed by atoms with Crippen LogP contribution < -0.4 is 0 Å². The van der Waals surface area contributed by atoms with E-state index in [1.54, 1.807) is 42.5 Å². The van der Waals surface area contributed by atoms with Crippen molar-refractivity contribution in [2.75, 3.05) is 0 Å². The molecule has 0 aliphatic carbocycles. The molecule has 2 nitrogen and oxygen atoms in total. The summed E-state index contributed by atoms with van der Waals surface area (Å²) >= 11 is 5.86.